The summed E-state index contributed by atoms with van der Waals surface area (Å²) >= 11 is 0. The van der Waals surface area contributed by atoms with Crippen molar-refractivity contribution in [1.82, 2.24) is 19.4 Å². The highest BCUT2D eigenvalue weighted by Crippen LogP contribution is 2.27. The van der Waals surface area contributed by atoms with Crippen molar-refractivity contribution in [3.05, 3.63) is 41.9 Å². The molecule has 1 fully saturated rings. The molecule has 0 aliphatic carbocycles. The zero-order valence-electron chi connectivity index (χ0n) is 15.6. The number of aliphatic hydroxyl groups excluding tert-OH is 1. The number of rotatable bonds is 7. The predicted octanol–water partition coefficient (Wildman–Crippen LogP) is 1.94. The SMILES string of the molecule is CN(C)CCCn1ccnc1[C@@H]1CCCN(C(=O)c2ccc(CO)o2)C1. The minimum Gasteiger partial charge on any atom is -0.453 e. The van der Waals surface area contributed by atoms with Crippen molar-refractivity contribution in [2.75, 3.05) is 33.7 Å². The molecule has 26 heavy (non-hydrogen) atoms. The third kappa shape index (κ3) is 4.34. The van der Waals surface area contributed by atoms with Crippen molar-refractivity contribution in [3.63, 3.8) is 0 Å². The molecule has 3 rings (SSSR count). The monoisotopic (exact) mass is 360 g/mol. The Balaban J connectivity index is 1.65. The molecule has 0 aromatic carbocycles. The fourth-order valence-corrected chi connectivity index (χ4v) is 3.53. The number of piperidine rings is 1. The molecule has 7 heteroatoms. The Bertz CT molecular complexity index is 722. The zero-order chi connectivity index (χ0) is 18.5. The van der Waals surface area contributed by atoms with Gasteiger partial charge in [-0.25, -0.2) is 4.98 Å². The summed E-state index contributed by atoms with van der Waals surface area (Å²) in [6.45, 7) is 3.17. The number of hydrogen-bond donors (Lipinski definition) is 1. The van der Waals surface area contributed by atoms with Gasteiger partial charge < -0.3 is 23.9 Å². The molecule has 1 aliphatic heterocycles. The first-order valence-corrected chi connectivity index (χ1v) is 9.23. The van der Waals surface area contributed by atoms with Crippen LogP contribution in [0.3, 0.4) is 0 Å². The highest BCUT2D eigenvalue weighted by molar-refractivity contribution is 5.91. The summed E-state index contributed by atoms with van der Waals surface area (Å²) in [5, 5.41) is 9.11. The van der Waals surface area contributed by atoms with E-state index < -0.39 is 0 Å². The molecule has 1 atom stereocenters. The van der Waals surface area contributed by atoms with E-state index in [1.165, 1.54) is 0 Å². The second-order valence-corrected chi connectivity index (χ2v) is 7.15. The van der Waals surface area contributed by atoms with Gasteiger partial charge in [-0.05, 0) is 52.0 Å². The second kappa shape index (κ2) is 8.51. The van der Waals surface area contributed by atoms with Crippen LogP contribution in [-0.4, -0.2) is 64.1 Å². The molecule has 2 aromatic heterocycles. The molecule has 1 N–H and O–H groups in total. The lowest BCUT2D eigenvalue weighted by molar-refractivity contribution is 0.0666. The summed E-state index contributed by atoms with van der Waals surface area (Å²) in [4.78, 5) is 21.3. The number of hydrogen-bond acceptors (Lipinski definition) is 5. The summed E-state index contributed by atoms with van der Waals surface area (Å²) < 4.78 is 7.63. The van der Waals surface area contributed by atoms with Gasteiger partial charge in [0.1, 0.15) is 18.2 Å². The first-order chi connectivity index (χ1) is 12.6. The lowest BCUT2D eigenvalue weighted by Crippen LogP contribution is -2.39. The number of carbonyl (C=O) groups excluding carboxylic acids is 1. The Morgan fingerprint density at radius 1 is 1.42 bits per heavy atom. The summed E-state index contributed by atoms with van der Waals surface area (Å²) in [5.41, 5.74) is 0. The van der Waals surface area contributed by atoms with Crippen LogP contribution in [0.1, 0.15) is 47.3 Å². The molecule has 1 saturated heterocycles. The van der Waals surface area contributed by atoms with Gasteiger partial charge in [-0.15, -0.1) is 0 Å². The van der Waals surface area contributed by atoms with E-state index in [1.807, 2.05) is 17.3 Å². The van der Waals surface area contributed by atoms with E-state index >= 15 is 0 Å². The highest BCUT2D eigenvalue weighted by Gasteiger charge is 2.29. The van der Waals surface area contributed by atoms with Gasteiger partial charge in [-0.3, -0.25) is 4.79 Å². The van der Waals surface area contributed by atoms with Gasteiger partial charge >= 0.3 is 0 Å². The van der Waals surface area contributed by atoms with Crippen LogP contribution in [0.5, 0.6) is 0 Å². The standard InChI is InChI=1S/C19H28N4O3/c1-21(2)9-4-11-22-12-8-20-18(22)15-5-3-10-23(13-15)19(25)17-7-6-16(14-24)26-17/h6-8,12,15,24H,3-5,9-11,13-14H2,1-2H3/t15-/m1/s1. The van der Waals surface area contributed by atoms with Crippen LogP contribution >= 0.6 is 0 Å². The fraction of sp³-hybridized carbons (Fsp3) is 0.579. The number of imidazole rings is 1. The molecule has 0 radical (unpaired) electrons. The predicted molar refractivity (Wildman–Crippen MR) is 97.9 cm³/mol. The summed E-state index contributed by atoms with van der Waals surface area (Å²) in [6, 6.07) is 3.28. The Kier molecular flexibility index (Phi) is 6.11. The molecule has 3 heterocycles. The van der Waals surface area contributed by atoms with E-state index in [9.17, 15) is 4.79 Å². The van der Waals surface area contributed by atoms with Crippen molar-refractivity contribution >= 4 is 5.91 Å². The molecule has 0 spiro atoms. The van der Waals surface area contributed by atoms with Crippen LogP contribution in [0.2, 0.25) is 0 Å². The summed E-state index contributed by atoms with van der Waals surface area (Å²) in [5.74, 6) is 1.91. The highest BCUT2D eigenvalue weighted by atomic mass is 16.4. The van der Waals surface area contributed by atoms with Crippen molar-refractivity contribution in [1.29, 1.82) is 0 Å². The third-order valence-electron chi connectivity index (χ3n) is 4.85. The second-order valence-electron chi connectivity index (χ2n) is 7.15. The summed E-state index contributed by atoms with van der Waals surface area (Å²) in [7, 11) is 4.16. The number of aromatic nitrogens is 2. The Morgan fingerprint density at radius 3 is 3.00 bits per heavy atom. The summed E-state index contributed by atoms with van der Waals surface area (Å²) in [6.07, 6.45) is 6.95. The van der Waals surface area contributed by atoms with Crippen LogP contribution in [-0.2, 0) is 13.2 Å². The topological polar surface area (TPSA) is 74.7 Å². The van der Waals surface area contributed by atoms with Crippen LogP contribution in [0.4, 0.5) is 0 Å². The minimum atomic E-state index is -0.194. The molecular weight excluding hydrogens is 332 g/mol. The van der Waals surface area contributed by atoms with Gasteiger partial charge in [-0.1, -0.05) is 0 Å². The van der Waals surface area contributed by atoms with Crippen molar-refractivity contribution < 1.29 is 14.3 Å². The van der Waals surface area contributed by atoms with Crippen molar-refractivity contribution in [3.8, 4) is 0 Å². The van der Waals surface area contributed by atoms with E-state index in [0.717, 1.165) is 44.7 Å². The van der Waals surface area contributed by atoms with Gasteiger partial charge in [0.05, 0.1) is 0 Å². The van der Waals surface area contributed by atoms with Crippen LogP contribution in [0, 0.1) is 0 Å². The van der Waals surface area contributed by atoms with Gasteiger partial charge in [0, 0.05) is 37.9 Å². The molecule has 1 aliphatic rings. The van der Waals surface area contributed by atoms with E-state index in [1.54, 1.807) is 12.1 Å². The number of aryl methyl sites for hydroxylation is 1. The number of likely N-dealkylation sites (tertiary alicyclic amines) is 1. The van der Waals surface area contributed by atoms with Gasteiger partial charge in [0.25, 0.3) is 5.91 Å². The van der Waals surface area contributed by atoms with E-state index in [2.05, 4.69) is 28.5 Å². The molecule has 1 amide bonds. The van der Waals surface area contributed by atoms with Crippen LogP contribution in [0.25, 0.3) is 0 Å². The molecule has 0 unspecified atom stereocenters. The van der Waals surface area contributed by atoms with Crippen LogP contribution in [0.15, 0.2) is 28.9 Å². The maximum absolute atomic E-state index is 12.7. The number of furan rings is 1. The van der Waals surface area contributed by atoms with Crippen molar-refractivity contribution in [2.24, 2.45) is 0 Å². The van der Waals surface area contributed by atoms with E-state index in [4.69, 9.17) is 9.52 Å². The molecule has 0 saturated carbocycles. The largest absolute Gasteiger partial charge is 0.453 e. The lowest BCUT2D eigenvalue weighted by atomic mass is 9.97. The molecule has 0 bridgehead atoms. The van der Waals surface area contributed by atoms with Crippen LogP contribution < -0.4 is 0 Å². The Hall–Kier alpha value is -2.12. The smallest absolute Gasteiger partial charge is 0.289 e. The van der Waals surface area contributed by atoms with Crippen molar-refractivity contribution in [2.45, 2.75) is 38.3 Å². The average Bonchev–Trinajstić information content (AvgIpc) is 3.30. The maximum atomic E-state index is 12.7. The third-order valence-corrected chi connectivity index (χ3v) is 4.85. The number of nitrogens with zero attached hydrogens (tertiary/aromatic N) is 4. The van der Waals surface area contributed by atoms with E-state index in [-0.39, 0.29) is 18.4 Å². The maximum Gasteiger partial charge on any atom is 0.289 e. The lowest BCUT2D eigenvalue weighted by Gasteiger charge is -2.32. The Labute approximate surface area is 154 Å². The number of carbonyl (C=O) groups is 1. The average molecular weight is 360 g/mol. The molecule has 2 aromatic rings. The molecule has 7 nitrogen and oxygen atoms in total. The quantitative estimate of drug-likeness (QED) is 0.817. The number of aliphatic hydroxyl groups is 1. The van der Waals surface area contributed by atoms with Gasteiger partial charge in [0.15, 0.2) is 5.76 Å². The first-order valence-electron chi connectivity index (χ1n) is 9.23. The zero-order valence-corrected chi connectivity index (χ0v) is 15.6. The van der Waals surface area contributed by atoms with E-state index in [0.29, 0.717) is 18.1 Å². The fourth-order valence-electron chi connectivity index (χ4n) is 3.53. The molecular formula is C19H28N4O3. The minimum absolute atomic E-state index is 0.111. The number of amides is 1. The van der Waals surface area contributed by atoms with Gasteiger partial charge in [-0.2, -0.15) is 0 Å². The first kappa shape index (κ1) is 18.7. The molecule has 142 valence electrons. The van der Waals surface area contributed by atoms with Gasteiger partial charge in [0.2, 0.25) is 0 Å². The Morgan fingerprint density at radius 2 is 2.27 bits per heavy atom. The normalized spacial score (nSPS) is 17.8.